The Labute approximate surface area is 143 Å². The highest BCUT2D eigenvalue weighted by Gasteiger charge is 2.40. The molecule has 23 heavy (non-hydrogen) atoms. The lowest BCUT2D eigenvalue weighted by atomic mass is 10.1. The first-order valence-electron chi connectivity index (χ1n) is 8.52. The van der Waals surface area contributed by atoms with E-state index < -0.39 is 0 Å². The normalized spacial score (nSPS) is 27.3. The molecule has 1 heterocycles. The van der Waals surface area contributed by atoms with E-state index in [4.69, 9.17) is 16.3 Å². The molecule has 3 unspecified atom stereocenters. The van der Waals surface area contributed by atoms with Crippen molar-refractivity contribution in [3.05, 3.63) is 34.9 Å². The van der Waals surface area contributed by atoms with Crippen LogP contribution in [0.15, 0.2) is 29.3 Å². The van der Waals surface area contributed by atoms with E-state index in [1.807, 2.05) is 19.2 Å². The number of nitrogens with zero attached hydrogens (tertiary/aromatic N) is 2. The highest BCUT2D eigenvalue weighted by atomic mass is 35.5. The van der Waals surface area contributed by atoms with Crippen molar-refractivity contribution >= 4 is 17.6 Å². The van der Waals surface area contributed by atoms with Crippen LogP contribution in [-0.4, -0.2) is 50.3 Å². The molecule has 1 aliphatic heterocycles. The summed E-state index contributed by atoms with van der Waals surface area (Å²) >= 11 is 6.09. The summed E-state index contributed by atoms with van der Waals surface area (Å²) in [7, 11) is 1.87. The topological polar surface area (TPSA) is 36.9 Å². The van der Waals surface area contributed by atoms with Gasteiger partial charge in [0.2, 0.25) is 0 Å². The van der Waals surface area contributed by atoms with Crippen molar-refractivity contribution in [2.24, 2.45) is 10.9 Å². The second-order valence-corrected chi connectivity index (χ2v) is 6.89. The number of nitrogens with one attached hydrogen (secondary N) is 1. The summed E-state index contributed by atoms with van der Waals surface area (Å²) in [6.07, 6.45) is 2.33. The standard InChI is InChI=1S/C18H26ClN3O/c1-3-23-12-13-7-8-22(11-13)18(20-2)21-17-10-16(17)14-5-4-6-15(19)9-14/h4-6,9,13,16-17H,3,7-8,10-12H2,1-2H3,(H,20,21). The first kappa shape index (κ1) is 16.6. The highest BCUT2D eigenvalue weighted by molar-refractivity contribution is 6.30. The van der Waals surface area contributed by atoms with Gasteiger partial charge in [-0.3, -0.25) is 4.99 Å². The van der Waals surface area contributed by atoms with Gasteiger partial charge in [0.25, 0.3) is 0 Å². The summed E-state index contributed by atoms with van der Waals surface area (Å²) in [4.78, 5) is 6.83. The quantitative estimate of drug-likeness (QED) is 0.663. The third-order valence-corrected chi connectivity index (χ3v) is 4.97. The molecule has 1 saturated carbocycles. The minimum atomic E-state index is 0.470. The zero-order chi connectivity index (χ0) is 16.2. The van der Waals surface area contributed by atoms with Gasteiger partial charge in [-0.1, -0.05) is 23.7 Å². The van der Waals surface area contributed by atoms with Crippen molar-refractivity contribution in [2.45, 2.75) is 31.7 Å². The molecular weight excluding hydrogens is 310 g/mol. The van der Waals surface area contributed by atoms with Crippen LogP contribution in [0.1, 0.15) is 31.2 Å². The largest absolute Gasteiger partial charge is 0.381 e. The number of likely N-dealkylation sites (tertiary alicyclic amines) is 1. The smallest absolute Gasteiger partial charge is 0.193 e. The number of hydrogen-bond acceptors (Lipinski definition) is 2. The molecule has 5 heteroatoms. The number of rotatable bonds is 5. The van der Waals surface area contributed by atoms with E-state index >= 15 is 0 Å². The van der Waals surface area contributed by atoms with E-state index in [9.17, 15) is 0 Å². The Kier molecular flexibility index (Phi) is 5.44. The van der Waals surface area contributed by atoms with Crippen molar-refractivity contribution in [3.63, 3.8) is 0 Å². The van der Waals surface area contributed by atoms with Gasteiger partial charge in [-0.05, 0) is 37.5 Å². The summed E-state index contributed by atoms with van der Waals surface area (Å²) in [5.74, 6) is 2.20. The molecule has 0 radical (unpaired) electrons. The van der Waals surface area contributed by atoms with Gasteiger partial charge in [0, 0.05) is 49.6 Å². The predicted molar refractivity (Wildman–Crippen MR) is 95.3 cm³/mol. The minimum Gasteiger partial charge on any atom is -0.381 e. The second-order valence-electron chi connectivity index (χ2n) is 6.46. The fraction of sp³-hybridized carbons (Fsp3) is 0.611. The zero-order valence-corrected chi connectivity index (χ0v) is 14.7. The molecule has 3 atom stereocenters. The molecule has 3 rings (SSSR count). The second kappa shape index (κ2) is 7.54. The van der Waals surface area contributed by atoms with E-state index in [0.29, 0.717) is 17.9 Å². The molecule has 2 fully saturated rings. The van der Waals surface area contributed by atoms with Gasteiger partial charge >= 0.3 is 0 Å². The van der Waals surface area contributed by atoms with Crippen LogP contribution in [0.5, 0.6) is 0 Å². The van der Waals surface area contributed by atoms with Gasteiger partial charge in [-0.2, -0.15) is 0 Å². The zero-order valence-electron chi connectivity index (χ0n) is 14.0. The lowest BCUT2D eigenvalue weighted by Gasteiger charge is -2.22. The first-order valence-corrected chi connectivity index (χ1v) is 8.90. The Hall–Kier alpha value is -1.26. The maximum Gasteiger partial charge on any atom is 0.193 e. The molecule has 126 valence electrons. The Bertz CT molecular complexity index is 563. The number of halogens is 1. The fourth-order valence-corrected chi connectivity index (χ4v) is 3.57. The van der Waals surface area contributed by atoms with Crippen LogP contribution < -0.4 is 5.32 Å². The third-order valence-electron chi connectivity index (χ3n) is 4.74. The van der Waals surface area contributed by atoms with Crippen molar-refractivity contribution in [2.75, 3.05) is 33.4 Å². The lowest BCUT2D eigenvalue weighted by Crippen LogP contribution is -2.41. The predicted octanol–water partition coefficient (Wildman–Crippen LogP) is 3.13. The molecule has 1 aliphatic carbocycles. The molecule has 1 aromatic carbocycles. The molecule has 0 spiro atoms. The highest BCUT2D eigenvalue weighted by Crippen LogP contribution is 2.41. The van der Waals surface area contributed by atoms with Crippen LogP contribution in [0.3, 0.4) is 0 Å². The van der Waals surface area contributed by atoms with Crippen LogP contribution in [0, 0.1) is 5.92 Å². The lowest BCUT2D eigenvalue weighted by molar-refractivity contribution is 0.114. The third kappa shape index (κ3) is 4.18. The molecule has 1 saturated heterocycles. The van der Waals surface area contributed by atoms with Crippen molar-refractivity contribution < 1.29 is 4.74 Å². The molecule has 2 aliphatic rings. The molecular formula is C18H26ClN3O. The Balaban J connectivity index is 1.52. The number of benzene rings is 1. The Morgan fingerprint density at radius 1 is 1.48 bits per heavy atom. The first-order chi connectivity index (χ1) is 11.2. The van der Waals surface area contributed by atoms with E-state index in [-0.39, 0.29) is 0 Å². The monoisotopic (exact) mass is 335 g/mol. The van der Waals surface area contributed by atoms with Gasteiger partial charge in [0.1, 0.15) is 0 Å². The number of hydrogen-bond donors (Lipinski definition) is 1. The van der Waals surface area contributed by atoms with E-state index in [1.165, 1.54) is 12.0 Å². The van der Waals surface area contributed by atoms with Crippen LogP contribution in [-0.2, 0) is 4.74 Å². The number of aliphatic imine (C=N–C) groups is 1. The van der Waals surface area contributed by atoms with E-state index in [0.717, 1.165) is 43.7 Å². The van der Waals surface area contributed by atoms with E-state index in [1.54, 1.807) is 0 Å². The molecule has 0 amide bonds. The fourth-order valence-electron chi connectivity index (χ4n) is 3.37. The number of ether oxygens (including phenoxy) is 1. The van der Waals surface area contributed by atoms with Crippen molar-refractivity contribution in [1.82, 2.24) is 10.2 Å². The minimum absolute atomic E-state index is 0.470. The SMILES string of the molecule is CCOCC1CCN(C(=NC)NC2CC2c2cccc(Cl)c2)C1. The molecule has 0 aromatic heterocycles. The number of guanidine groups is 1. The Morgan fingerprint density at radius 2 is 2.35 bits per heavy atom. The maximum absolute atomic E-state index is 6.09. The Morgan fingerprint density at radius 3 is 3.09 bits per heavy atom. The van der Waals surface area contributed by atoms with Gasteiger partial charge in [0.05, 0.1) is 6.61 Å². The van der Waals surface area contributed by atoms with Gasteiger partial charge in [0.15, 0.2) is 5.96 Å². The summed E-state index contributed by atoms with van der Waals surface area (Å²) in [5, 5.41) is 4.43. The van der Waals surface area contributed by atoms with Crippen LogP contribution >= 0.6 is 11.6 Å². The summed E-state index contributed by atoms with van der Waals surface area (Å²) < 4.78 is 5.56. The van der Waals surface area contributed by atoms with Gasteiger partial charge < -0.3 is 15.0 Å². The summed E-state index contributed by atoms with van der Waals surface area (Å²) in [6, 6.07) is 8.66. The van der Waals surface area contributed by atoms with Crippen LogP contribution in [0.4, 0.5) is 0 Å². The van der Waals surface area contributed by atoms with E-state index in [2.05, 4.69) is 34.3 Å². The average molecular weight is 336 g/mol. The van der Waals surface area contributed by atoms with Crippen molar-refractivity contribution in [3.8, 4) is 0 Å². The maximum atomic E-state index is 6.09. The molecule has 0 bridgehead atoms. The molecule has 4 nitrogen and oxygen atoms in total. The van der Waals surface area contributed by atoms with Gasteiger partial charge in [-0.25, -0.2) is 0 Å². The summed E-state index contributed by atoms with van der Waals surface area (Å²) in [5.41, 5.74) is 1.32. The average Bonchev–Trinajstić information content (AvgIpc) is 3.18. The van der Waals surface area contributed by atoms with Crippen LogP contribution in [0.25, 0.3) is 0 Å². The van der Waals surface area contributed by atoms with Crippen molar-refractivity contribution in [1.29, 1.82) is 0 Å². The molecule has 1 aromatic rings. The molecule has 1 N–H and O–H groups in total. The summed E-state index contributed by atoms with van der Waals surface area (Å²) in [6.45, 7) is 5.81. The van der Waals surface area contributed by atoms with Crippen LogP contribution in [0.2, 0.25) is 5.02 Å². The van der Waals surface area contributed by atoms with Gasteiger partial charge in [-0.15, -0.1) is 0 Å².